The van der Waals surface area contributed by atoms with Crippen molar-refractivity contribution in [1.29, 1.82) is 0 Å². The topological polar surface area (TPSA) is 39.1 Å². The van der Waals surface area contributed by atoms with Crippen LogP contribution < -0.4 is 5.32 Å². The number of nitrogens with one attached hydrogen (secondary N) is 1. The quantitative estimate of drug-likeness (QED) is 0.824. The number of ether oxygens (including phenoxy) is 1. The molecule has 0 bridgehead atoms. The second-order valence-corrected chi connectivity index (χ2v) is 5.50. The second-order valence-electron chi connectivity index (χ2n) is 5.50. The summed E-state index contributed by atoms with van der Waals surface area (Å²) in [5.41, 5.74) is 1.22. The molecular weight excluding hydrogens is 238 g/mol. The lowest BCUT2D eigenvalue weighted by Gasteiger charge is -2.36. The first-order chi connectivity index (χ1) is 9.25. The van der Waals surface area contributed by atoms with Gasteiger partial charge in [0.1, 0.15) is 0 Å². The molecule has 1 atom stereocenters. The predicted molar refractivity (Wildman–Crippen MR) is 77.1 cm³/mol. The summed E-state index contributed by atoms with van der Waals surface area (Å²) in [4.78, 5) is 0. The molecule has 1 unspecified atom stereocenters. The summed E-state index contributed by atoms with van der Waals surface area (Å²) in [5.74, 6) is 0. The molecule has 1 fully saturated rings. The Morgan fingerprint density at radius 3 is 2.74 bits per heavy atom. The van der Waals surface area contributed by atoms with E-state index in [9.17, 15) is 0 Å². The molecule has 0 spiro atoms. The number of hydrogen-bond acceptors (Lipinski definition) is 3. The van der Waals surface area contributed by atoms with E-state index >= 15 is 0 Å². The van der Waals surface area contributed by atoms with Gasteiger partial charge in [-0.25, -0.2) is 0 Å². The van der Waals surface area contributed by atoms with Crippen molar-refractivity contribution in [2.75, 3.05) is 13.7 Å². The van der Waals surface area contributed by atoms with Crippen LogP contribution in [0.1, 0.15) is 57.6 Å². The van der Waals surface area contributed by atoms with Crippen molar-refractivity contribution in [3.63, 3.8) is 0 Å². The van der Waals surface area contributed by atoms with Crippen molar-refractivity contribution in [3.8, 4) is 0 Å². The zero-order chi connectivity index (χ0) is 13.7. The van der Waals surface area contributed by atoms with E-state index in [0.29, 0.717) is 0 Å². The van der Waals surface area contributed by atoms with Gasteiger partial charge in [-0.1, -0.05) is 26.7 Å². The molecule has 1 heterocycles. The van der Waals surface area contributed by atoms with Gasteiger partial charge in [0.15, 0.2) is 0 Å². The van der Waals surface area contributed by atoms with Crippen LogP contribution in [-0.2, 0) is 11.3 Å². The van der Waals surface area contributed by atoms with Crippen LogP contribution in [0.5, 0.6) is 0 Å². The fourth-order valence-corrected chi connectivity index (χ4v) is 3.28. The van der Waals surface area contributed by atoms with Crippen molar-refractivity contribution in [2.45, 2.75) is 64.1 Å². The van der Waals surface area contributed by atoms with E-state index < -0.39 is 0 Å². The number of nitrogens with zero attached hydrogens (tertiary/aromatic N) is 2. The average Bonchev–Trinajstić information content (AvgIpc) is 3.06. The van der Waals surface area contributed by atoms with E-state index in [1.165, 1.54) is 18.4 Å². The zero-order valence-corrected chi connectivity index (χ0v) is 12.5. The molecule has 1 aromatic rings. The fourth-order valence-electron chi connectivity index (χ4n) is 3.28. The largest absolute Gasteiger partial charge is 0.376 e. The summed E-state index contributed by atoms with van der Waals surface area (Å²) in [7, 11) is 1.85. The minimum absolute atomic E-state index is 0.0455. The molecule has 19 heavy (non-hydrogen) atoms. The van der Waals surface area contributed by atoms with Crippen LogP contribution in [0, 0.1) is 0 Å². The number of aromatic nitrogens is 2. The SMILES string of the molecule is CCCn1cc(C(NCC)C2(OC)CCCC2)cn1. The summed E-state index contributed by atoms with van der Waals surface area (Å²) >= 11 is 0. The van der Waals surface area contributed by atoms with E-state index in [1.807, 2.05) is 18.0 Å². The molecule has 0 saturated heterocycles. The lowest BCUT2D eigenvalue weighted by atomic mass is 9.88. The minimum Gasteiger partial charge on any atom is -0.376 e. The van der Waals surface area contributed by atoms with Crippen LogP contribution in [-0.4, -0.2) is 29.0 Å². The molecule has 0 aromatic carbocycles. The molecule has 0 radical (unpaired) electrons. The highest BCUT2D eigenvalue weighted by atomic mass is 16.5. The van der Waals surface area contributed by atoms with Gasteiger partial charge in [-0.05, 0) is 25.8 Å². The fraction of sp³-hybridized carbons (Fsp3) is 0.800. The molecule has 108 valence electrons. The summed E-state index contributed by atoms with van der Waals surface area (Å²) in [5, 5.41) is 8.08. The van der Waals surface area contributed by atoms with Crippen LogP contribution in [0.3, 0.4) is 0 Å². The lowest BCUT2D eigenvalue weighted by molar-refractivity contribution is -0.0364. The Kier molecular flexibility index (Phi) is 4.99. The van der Waals surface area contributed by atoms with Crippen molar-refractivity contribution >= 4 is 0 Å². The molecule has 1 saturated carbocycles. The predicted octanol–water partition coefficient (Wildman–Crippen LogP) is 2.90. The first-order valence-electron chi connectivity index (χ1n) is 7.56. The first kappa shape index (κ1) is 14.5. The van der Waals surface area contributed by atoms with Gasteiger partial charge in [0.05, 0.1) is 17.8 Å². The maximum Gasteiger partial charge on any atom is 0.0873 e. The highest BCUT2D eigenvalue weighted by Gasteiger charge is 2.42. The van der Waals surface area contributed by atoms with Gasteiger partial charge in [-0.2, -0.15) is 5.10 Å². The van der Waals surface area contributed by atoms with Crippen molar-refractivity contribution in [3.05, 3.63) is 18.0 Å². The third kappa shape index (κ3) is 3.00. The highest BCUT2D eigenvalue weighted by molar-refractivity contribution is 5.17. The molecule has 1 aromatic heterocycles. The summed E-state index contributed by atoms with van der Waals surface area (Å²) in [6, 6.07) is 0.260. The van der Waals surface area contributed by atoms with Gasteiger partial charge in [0, 0.05) is 25.4 Å². The first-order valence-corrected chi connectivity index (χ1v) is 7.56. The Balaban J connectivity index is 2.22. The van der Waals surface area contributed by atoms with Gasteiger partial charge >= 0.3 is 0 Å². The normalized spacial score (nSPS) is 19.7. The van der Waals surface area contributed by atoms with E-state index in [0.717, 1.165) is 32.4 Å². The Morgan fingerprint density at radius 1 is 1.42 bits per heavy atom. The maximum absolute atomic E-state index is 5.94. The molecular formula is C15H27N3O. The molecule has 1 N–H and O–H groups in total. The standard InChI is InChI=1S/C15H27N3O/c1-4-10-18-12-13(11-17-18)14(16-5-2)15(19-3)8-6-7-9-15/h11-12,14,16H,4-10H2,1-3H3. The van der Waals surface area contributed by atoms with E-state index in [1.54, 1.807) is 0 Å². The monoisotopic (exact) mass is 265 g/mol. The molecule has 0 amide bonds. The van der Waals surface area contributed by atoms with Gasteiger partial charge < -0.3 is 10.1 Å². The minimum atomic E-state index is -0.0455. The third-order valence-corrected chi connectivity index (χ3v) is 4.23. The second kappa shape index (κ2) is 6.53. The van der Waals surface area contributed by atoms with Crippen molar-refractivity contribution < 1.29 is 4.74 Å². The number of rotatable bonds is 7. The summed E-state index contributed by atoms with van der Waals surface area (Å²) < 4.78 is 7.98. The van der Waals surface area contributed by atoms with E-state index in [-0.39, 0.29) is 11.6 Å². The number of methoxy groups -OCH3 is 1. The van der Waals surface area contributed by atoms with Gasteiger partial charge in [-0.3, -0.25) is 4.68 Å². The van der Waals surface area contributed by atoms with Crippen LogP contribution >= 0.6 is 0 Å². The smallest absolute Gasteiger partial charge is 0.0873 e. The van der Waals surface area contributed by atoms with Crippen molar-refractivity contribution in [1.82, 2.24) is 15.1 Å². The number of likely N-dealkylation sites (N-methyl/N-ethyl adjacent to an activating group) is 1. The van der Waals surface area contributed by atoms with Crippen LogP contribution in [0.2, 0.25) is 0 Å². The molecule has 2 rings (SSSR count). The average molecular weight is 265 g/mol. The van der Waals surface area contributed by atoms with Crippen molar-refractivity contribution in [2.24, 2.45) is 0 Å². The lowest BCUT2D eigenvalue weighted by Crippen LogP contribution is -2.43. The Bertz CT molecular complexity index is 382. The zero-order valence-electron chi connectivity index (χ0n) is 12.5. The van der Waals surface area contributed by atoms with Gasteiger partial charge in [-0.15, -0.1) is 0 Å². The summed E-state index contributed by atoms with van der Waals surface area (Å²) in [6.07, 6.45) is 10.1. The molecule has 1 aliphatic rings. The third-order valence-electron chi connectivity index (χ3n) is 4.23. The highest BCUT2D eigenvalue weighted by Crippen LogP contribution is 2.42. The van der Waals surface area contributed by atoms with E-state index in [2.05, 4.69) is 30.5 Å². The van der Waals surface area contributed by atoms with Crippen LogP contribution in [0.4, 0.5) is 0 Å². The number of hydrogen-bond donors (Lipinski definition) is 1. The molecule has 4 nitrogen and oxygen atoms in total. The Hall–Kier alpha value is -0.870. The van der Waals surface area contributed by atoms with Crippen LogP contribution in [0.25, 0.3) is 0 Å². The molecule has 4 heteroatoms. The molecule has 1 aliphatic carbocycles. The number of aryl methyl sites for hydroxylation is 1. The van der Waals surface area contributed by atoms with Gasteiger partial charge in [0.25, 0.3) is 0 Å². The summed E-state index contributed by atoms with van der Waals surface area (Å²) in [6.45, 7) is 6.27. The maximum atomic E-state index is 5.94. The van der Waals surface area contributed by atoms with Gasteiger partial charge in [0.2, 0.25) is 0 Å². The van der Waals surface area contributed by atoms with E-state index in [4.69, 9.17) is 4.74 Å². The van der Waals surface area contributed by atoms with Crippen LogP contribution in [0.15, 0.2) is 12.4 Å². The Labute approximate surface area is 116 Å². The molecule has 0 aliphatic heterocycles. The Morgan fingerprint density at radius 2 is 2.16 bits per heavy atom.